The Hall–Kier alpha value is -1.62. The van der Waals surface area contributed by atoms with E-state index in [0.29, 0.717) is 10.2 Å². The molecule has 0 saturated heterocycles. The maximum absolute atomic E-state index is 12.2. The van der Waals surface area contributed by atoms with Gasteiger partial charge in [-0.3, -0.25) is 9.48 Å². The van der Waals surface area contributed by atoms with Crippen molar-refractivity contribution in [2.75, 3.05) is 5.32 Å². The van der Waals surface area contributed by atoms with Gasteiger partial charge in [-0.1, -0.05) is 12.1 Å². The standard InChI is InChI=1S/C14H16BrN3O/c1-4-18-8-11(15)13(17-18)14(19)16-12-7-5-6-9(2)10(12)3/h5-8H,4H2,1-3H3,(H,16,19). The minimum Gasteiger partial charge on any atom is -0.320 e. The van der Waals surface area contributed by atoms with E-state index in [1.54, 1.807) is 10.9 Å². The largest absolute Gasteiger partial charge is 0.320 e. The smallest absolute Gasteiger partial charge is 0.277 e. The van der Waals surface area contributed by atoms with Crippen LogP contribution in [0.1, 0.15) is 28.5 Å². The van der Waals surface area contributed by atoms with Gasteiger partial charge in [0.15, 0.2) is 5.69 Å². The van der Waals surface area contributed by atoms with Gasteiger partial charge < -0.3 is 5.32 Å². The highest BCUT2D eigenvalue weighted by Crippen LogP contribution is 2.21. The van der Waals surface area contributed by atoms with Crippen LogP contribution < -0.4 is 5.32 Å². The highest BCUT2D eigenvalue weighted by atomic mass is 79.9. The molecule has 100 valence electrons. The van der Waals surface area contributed by atoms with Crippen molar-refractivity contribution < 1.29 is 4.79 Å². The number of nitrogens with zero attached hydrogens (tertiary/aromatic N) is 2. The predicted octanol–water partition coefficient (Wildman–Crippen LogP) is 3.53. The molecule has 0 fully saturated rings. The molecular formula is C14H16BrN3O. The van der Waals surface area contributed by atoms with Crippen LogP contribution in [0.3, 0.4) is 0 Å². The van der Waals surface area contributed by atoms with Crippen molar-refractivity contribution in [1.29, 1.82) is 0 Å². The zero-order valence-corrected chi connectivity index (χ0v) is 12.8. The Bertz CT molecular complexity index is 619. The molecule has 0 aliphatic rings. The first-order valence-corrected chi connectivity index (χ1v) is 6.92. The third-order valence-corrected chi connectivity index (χ3v) is 3.69. The van der Waals surface area contributed by atoms with Gasteiger partial charge in [-0.2, -0.15) is 5.10 Å². The topological polar surface area (TPSA) is 46.9 Å². The quantitative estimate of drug-likeness (QED) is 0.939. The summed E-state index contributed by atoms with van der Waals surface area (Å²) in [7, 11) is 0. The number of rotatable bonds is 3. The van der Waals surface area contributed by atoms with Gasteiger partial charge in [0.25, 0.3) is 5.91 Å². The maximum Gasteiger partial charge on any atom is 0.277 e. The third kappa shape index (κ3) is 2.87. The predicted molar refractivity (Wildman–Crippen MR) is 79.5 cm³/mol. The van der Waals surface area contributed by atoms with Crippen molar-refractivity contribution in [2.24, 2.45) is 0 Å². The lowest BCUT2D eigenvalue weighted by atomic mass is 10.1. The summed E-state index contributed by atoms with van der Waals surface area (Å²) in [5.74, 6) is -0.201. The summed E-state index contributed by atoms with van der Waals surface area (Å²) in [5, 5.41) is 7.14. The molecule has 2 aromatic rings. The molecule has 1 aromatic carbocycles. The molecule has 0 aliphatic carbocycles. The monoisotopic (exact) mass is 321 g/mol. The van der Waals surface area contributed by atoms with Gasteiger partial charge in [-0.05, 0) is 53.9 Å². The summed E-state index contributed by atoms with van der Waals surface area (Å²) in [6, 6.07) is 5.84. The number of amides is 1. The molecule has 5 heteroatoms. The molecule has 0 bridgehead atoms. The van der Waals surface area contributed by atoms with Crippen molar-refractivity contribution in [3.05, 3.63) is 45.7 Å². The summed E-state index contributed by atoms with van der Waals surface area (Å²) >= 11 is 3.36. The lowest BCUT2D eigenvalue weighted by molar-refractivity contribution is 0.102. The van der Waals surface area contributed by atoms with E-state index in [-0.39, 0.29) is 5.91 Å². The van der Waals surface area contributed by atoms with Crippen LogP contribution in [0.2, 0.25) is 0 Å². The maximum atomic E-state index is 12.2. The first-order valence-electron chi connectivity index (χ1n) is 6.13. The number of aromatic nitrogens is 2. The molecule has 0 radical (unpaired) electrons. The lowest BCUT2D eigenvalue weighted by Gasteiger charge is -2.09. The molecule has 1 amide bonds. The van der Waals surface area contributed by atoms with E-state index in [4.69, 9.17) is 0 Å². The summed E-state index contributed by atoms with van der Waals surface area (Å²) < 4.78 is 2.43. The summed E-state index contributed by atoms with van der Waals surface area (Å²) in [6.45, 7) is 6.72. The Kier molecular flexibility index (Phi) is 4.04. The zero-order chi connectivity index (χ0) is 14.0. The first-order chi connectivity index (χ1) is 9.02. The molecule has 0 unspecified atom stereocenters. The number of aryl methyl sites for hydroxylation is 2. The average Bonchev–Trinajstić information content (AvgIpc) is 2.76. The highest BCUT2D eigenvalue weighted by Gasteiger charge is 2.15. The SMILES string of the molecule is CCn1cc(Br)c(C(=O)Nc2cccc(C)c2C)n1. The Balaban J connectivity index is 2.25. The third-order valence-electron chi connectivity index (χ3n) is 3.11. The fraction of sp³-hybridized carbons (Fsp3) is 0.286. The van der Waals surface area contributed by atoms with E-state index in [0.717, 1.165) is 23.4 Å². The van der Waals surface area contributed by atoms with E-state index in [2.05, 4.69) is 26.3 Å². The molecule has 1 N–H and O–H groups in total. The average molecular weight is 322 g/mol. The fourth-order valence-corrected chi connectivity index (χ4v) is 2.28. The van der Waals surface area contributed by atoms with Gasteiger partial charge in [0.2, 0.25) is 0 Å². The second-order valence-electron chi connectivity index (χ2n) is 4.38. The van der Waals surface area contributed by atoms with Crippen LogP contribution in [-0.2, 0) is 6.54 Å². The van der Waals surface area contributed by atoms with Gasteiger partial charge in [-0.25, -0.2) is 0 Å². The summed E-state index contributed by atoms with van der Waals surface area (Å²) in [6.07, 6.45) is 1.80. The number of anilines is 1. The van der Waals surface area contributed by atoms with Crippen molar-refractivity contribution >= 4 is 27.5 Å². The normalized spacial score (nSPS) is 10.5. The number of hydrogen-bond acceptors (Lipinski definition) is 2. The van der Waals surface area contributed by atoms with Crippen molar-refractivity contribution in [3.63, 3.8) is 0 Å². The Labute approximate surface area is 120 Å². The van der Waals surface area contributed by atoms with Gasteiger partial charge >= 0.3 is 0 Å². The van der Waals surface area contributed by atoms with Crippen LogP contribution >= 0.6 is 15.9 Å². The van der Waals surface area contributed by atoms with Gasteiger partial charge in [-0.15, -0.1) is 0 Å². The Morgan fingerprint density at radius 1 is 1.42 bits per heavy atom. The molecule has 0 spiro atoms. The minimum atomic E-state index is -0.201. The van der Waals surface area contributed by atoms with Crippen LogP contribution in [0, 0.1) is 13.8 Å². The van der Waals surface area contributed by atoms with Crippen LogP contribution in [0.25, 0.3) is 0 Å². The number of carbonyl (C=O) groups is 1. The van der Waals surface area contributed by atoms with Gasteiger partial charge in [0, 0.05) is 18.4 Å². The van der Waals surface area contributed by atoms with Gasteiger partial charge in [0.1, 0.15) is 0 Å². The van der Waals surface area contributed by atoms with Crippen LogP contribution in [0.5, 0.6) is 0 Å². The van der Waals surface area contributed by atoms with E-state index in [9.17, 15) is 4.79 Å². The molecule has 19 heavy (non-hydrogen) atoms. The number of nitrogens with one attached hydrogen (secondary N) is 1. The van der Waals surface area contributed by atoms with Crippen LogP contribution in [0.4, 0.5) is 5.69 Å². The number of hydrogen-bond donors (Lipinski definition) is 1. The second-order valence-corrected chi connectivity index (χ2v) is 5.24. The van der Waals surface area contributed by atoms with Crippen molar-refractivity contribution in [3.8, 4) is 0 Å². The minimum absolute atomic E-state index is 0.201. The first kappa shape index (κ1) is 13.8. The molecule has 0 atom stereocenters. The number of carbonyl (C=O) groups excluding carboxylic acids is 1. The Morgan fingerprint density at radius 3 is 2.79 bits per heavy atom. The van der Waals surface area contributed by atoms with E-state index in [1.165, 1.54) is 0 Å². The lowest BCUT2D eigenvalue weighted by Crippen LogP contribution is -2.14. The molecule has 4 nitrogen and oxygen atoms in total. The van der Waals surface area contributed by atoms with Crippen LogP contribution in [-0.4, -0.2) is 15.7 Å². The zero-order valence-electron chi connectivity index (χ0n) is 11.2. The molecule has 0 aliphatic heterocycles. The van der Waals surface area contributed by atoms with Crippen LogP contribution in [0.15, 0.2) is 28.9 Å². The molecule has 0 saturated carbocycles. The summed E-state index contributed by atoms with van der Waals surface area (Å²) in [4.78, 5) is 12.2. The Morgan fingerprint density at radius 2 is 2.16 bits per heavy atom. The van der Waals surface area contributed by atoms with E-state index in [1.807, 2.05) is 39.0 Å². The second kappa shape index (κ2) is 5.57. The van der Waals surface area contributed by atoms with E-state index < -0.39 is 0 Å². The molecule has 1 aromatic heterocycles. The number of halogens is 1. The molecule has 1 heterocycles. The fourth-order valence-electron chi connectivity index (χ4n) is 1.78. The highest BCUT2D eigenvalue weighted by molar-refractivity contribution is 9.10. The van der Waals surface area contributed by atoms with Crippen molar-refractivity contribution in [1.82, 2.24) is 9.78 Å². The number of benzene rings is 1. The van der Waals surface area contributed by atoms with Gasteiger partial charge in [0.05, 0.1) is 4.47 Å². The molecule has 2 rings (SSSR count). The summed E-state index contributed by atoms with van der Waals surface area (Å²) in [5.41, 5.74) is 3.45. The molecular weight excluding hydrogens is 306 g/mol. The van der Waals surface area contributed by atoms with Crippen molar-refractivity contribution in [2.45, 2.75) is 27.3 Å². The van der Waals surface area contributed by atoms with E-state index >= 15 is 0 Å².